The van der Waals surface area contributed by atoms with Crippen LogP contribution in [0.5, 0.6) is 0 Å². The van der Waals surface area contributed by atoms with Crippen LogP contribution in [0.2, 0.25) is 0 Å². The van der Waals surface area contributed by atoms with E-state index in [9.17, 15) is 9.59 Å². The van der Waals surface area contributed by atoms with Crippen LogP contribution in [0.1, 0.15) is 37.0 Å². The number of carboxylic acids is 1. The monoisotopic (exact) mass is 235 g/mol. The van der Waals surface area contributed by atoms with Gasteiger partial charge in [-0.05, 0) is 24.1 Å². The van der Waals surface area contributed by atoms with Crippen LogP contribution in [0.3, 0.4) is 0 Å². The fourth-order valence-electron chi connectivity index (χ4n) is 1.40. The first-order chi connectivity index (χ1) is 8.02. The highest BCUT2D eigenvalue weighted by Gasteiger charge is 2.09. The fraction of sp³-hybridized carbons (Fsp3) is 0.385. The summed E-state index contributed by atoms with van der Waals surface area (Å²) >= 11 is 0. The fourth-order valence-corrected chi connectivity index (χ4v) is 1.40. The van der Waals surface area contributed by atoms with Crippen LogP contribution in [0.25, 0.3) is 0 Å². The number of carbonyl (C=O) groups excluding carboxylic acids is 1. The molecule has 17 heavy (non-hydrogen) atoms. The van der Waals surface area contributed by atoms with Crippen molar-refractivity contribution < 1.29 is 14.7 Å². The smallest absolute Gasteiger partial charge is 0.335 e. The Bertz CT molecular complexity index is 415. The molecule has 1 amide bonds. The van der Waals surface area contributed by atoms with E-state index in [2.05, 4.69) is 5.32 Å². The lowest BCUT2D eigenvalue weighted by Gasteiger charge is -2.09. The van der Waals surface area contributed by atoms with Gasteiger partial charge in [0.15, 0.2) is 0 Å². The second-order valence-electron chi connectivity index (χ2n) is 4.15. The van der Waals surface area contributed by atoms with E-state index >= 15 is 0 Å². The number of rotatable bonds is 5. The summed E-state index contributed by atoms with van der Waals surface area (Å²) in [7, 11) is 0. The second kappa shape index (κ2) is 6.03. The Morgan fingerprint density at radius 3 is 2.71 bits per heavy atom. The number of carbonyl (C=O) groups is 2. The summed E-state index contributed by atoms with van der Waals surface area (Å²) in [6.07, 6.45) is 1.40. The Labute approximate surface area is 101 Å². The summed E-state index contributed by atoms with van der Waals surface area (Å²) < 4.78 is 0. The SMILES string of the molecule is CCC(C)CC(=O)Nc1cccc(C(=O)O)c1. The van der Waals surface area contributed by atoms with E-state index in [1.807, 2.05) is 13.8 Å². The summed E-state index contributed by atoms with van der Waals surface area (Å²) in [5, 5.41) is 11.5. The summed E-state index contributed by atoms with van der Waals surface area (Å²) in [6.45, 7) is 4.04. The van der Waals surface area contributed by atoms with Crippen molar-refractivity contribution in [3.63, 3.8) is 0 Å². The number of hydrogen-bond acceptors (Lipinski definition) is 2. The highest BCUT2D eigenvalue weighted by molar-refractivity contribution is 5.93. The zero-order valence-corrected chi connectivity index (χ0v) is 10.1. The zero-order valence-electron chi connectivity index (χ0n) is 10.1. The molecule has 4 heteroatoms. The standard InChI is InChI=1S/C13H17NO3/c1-3-9(2)7-12(15)14-11-6-4-5-10(8-11)13(16)17/h4-6,8-9H,3,7H2,1-2H3,(H,14,15)(H,16,17). The maximum atomic E-state index is 11.6. The Kier molecular flexibility index (Phi) is 4.69. The first-order valence-corrected chi connectivity index (χ1v) is 5.66. The first kappa shape index (κ1) is 13.2. The van der Waals surface area contributed by atoms with Crippen molar-refractivity contribution >= 4 is 17.6 Å². The van der Waals surface area contributed by atoms with Crippen LogP contribution in [-0.2, 0) is 4.79 Å². The van der Waals surface area contributed by atoms with Gasteiger partial charge in [-0.15, -0.1) is 0 Å². The van der Waals surface area contributed by atoms with Crippen LogP contribution in [0.4, 0.5) is 5.69 Å². The van der Waals surface area contributed by atoms with Crippen LogP contribution in [-0.4, -0.2) is 17.0 Å². The van der Waals surface area contributed by atoms with Crippen LogP contribution in [0.15, 0.2) is 24.3 Å². The van der Waals surface area contributed by atoms with Gasteiger partial charge in [0.05, 0.1) is 5.56 Å². The molecule has 0 heterocycles. The lowest BCUT2D eigenvalue weighted by molar-refractivity contribution is -0.117. The minimum atomic E-state index is -0.997. The average Bonchev–Trinajstić information content (AvgIpc) is 2.28. The molecule has 0 saturated heterocycles. The molecule has 0 aromatic heterocycles. The van der Waals surface area contributed by atoms with Gasteiger partial charge in [0.25, 0.3) is 0 Å². The average molecular weight is 235 g/mol. The maximum Gasteiger partial charge on any atom is 0.335 e. The number of anilines is 1. The van der Waals surface area contributed by atoms with E-state index in [0.29, 0.717) is 18.0 Å². The minimum Gasteiger partial charge on any atom is -0.478 e. The largest absolute Gasteiger partial charge is 0.478 e. The van der Waals surface area contributed by atoms with E-state index in [1.54, 1.807) is 12.1 Å². The normalized spacial score (nSPS) is 11.9. The number of aromatic carboxylic acids is 1. The highest BCUT2D eigenvalue weighted by Crippen LogP contribution is 2.13. The van der Waals surface area contributed by atoms with Gasteiger partial charge in [0, 0.05) is 12.1 Å². The summed E-state index contributed by atoms with van der Waals surface area (Å²) in [5.41, 5.74) is 0.699. The quantitative estimate of drug-likeness (QED) is 0.824. The molecule has 0 spiro atoms. The lowest BCUT2D eigenvalue weighted by Crippen LogP contribution is -2.15. The van der Waals surface area contributed by atoms with Crippen molar-refractivity contribution in [2.75, 3.05) is 5.32 Å². The number of amides is 1. The third kappa shape index (κ3) is 4.26. The van der Waals surface area contributed by atoms with Crippen molar-refractivity contribution in [3.8, 4) is 0 Å². The summed E-state index contributed by atoms with van der Waals surface area (Å²) in [5.74, 6) is -0.748. The Morgan fingerprint density at radius 1 is 1.41 bits per heavy atom. The third-order valence-electron chi connectivity index (χ3n) is 2.62. The predicted molar refractivity (Wildman–Crippen MR) is 66.1 cm³/mol. The van der Waals surface area contributed by atoms with Gasteiger partial charge in [-0.25, -0.2) is 4.79 Å². The van der Waals surface area contributed by atoms with Crippen molar-refractivity contribution in [2.24, 2.45) is 5.92 Å². The first-order valence-electron chi connectivity index (χ1n) is 5.66. The molecule has 1 unspecified atom stereocenters. The van der Waals surface area contributed by atoms with Gasteiger partial charge in [-0.1, -0.05) is 26.3 Å². The molecular weight excluding hydrogens is 218 g/mol. The zero-order chi connectivity index (χ0) is 12.8. The topological polar surface area (TPSA) is 66.4 Å². The molecule has 4 nitrogen and oxygen atoms in total. The van der Waals surface area contributed by atoms with Gasteiger partial charge in [-0.3, -0.25) is 4.79 Å². The molecule has 0 aliphatic heterocycles. The molecule has 0 aliphatic carbocycles. The molecule has 1 atom stereocenters. The third-order valence-corrected chi connectivity index (χ3v) is 2.62. The van der Waals surface area contributed by atoms with E-state index in [-0.39, 0.29) is 11.5 Å². The number of hydrogen-bond donors (Lipinski definition) is 2. The van der Waals surface area contributed by atoms with Gasteiger partial charge in [0.1, 0.15) is 0 Å². The van der Waals surface area contributed by atoms with Crippen molar-refractivity contribution in [3.05, 3.63) is 29.8 Å². The van der Waals surface area contributed by atoms with Crippen molar-refractivity contribution in [1.29, 1.82) is 0 Å². The Morgan fingerprint density at radius 2 is 2.12 bits per heavy atom. The van der Waals surface area contributed by atoms with Crippen molar-refractivity contribution in [1.82, 2.24) is 0 Å². The molecule has 92 valence electrons. The maximum absolute atomic E-state index is 11.6. The van der Waals surface area contributed by atoms with Crippen LogP contribution in [0, 0.1) is 5.92 Å². The van der Waals surface area contributed by atoms with Gasteiger partial charge >= 0.3 is 5.97 Å². The van der Waals surface area contributed by atoms with Crippen LogP contribution >= 0.6 is 0 Å². The molecule has 1 rings (SSSR count). The number of carboxylic acid groups (broad SMARTS) is 1. The predicted octanol–water partition coefficient (Wildman–Crippen LogP) is 2.76. The highest BCUT2D eigenvalue weighted by atomic mass is 16.4. The summed E-state index contributed by atoms with van der Waals surface area (Å²) in [6, 6.07) is 6.24. The molecule has 0 radical (unpaired) electrons. The van der Waals surface area contributed by atoms with E-state index in [4.69, 9.17) is 5.11 Å². The molecule has 0 aliphatic rings. The molecule has 0 bridgehead atoms. The van der Waals surface area contributed by atoms with Crippen molar-refractivity contribution in [2.45, 2.75) is 26.7 Å². The van der Waals surface area contributed by atoms with E-state index < -0.39 is 5.97 Å². The summed E-state index contributed by atoms with van der Waals surface area (Å²) in [4.78, 5) is 22.4. The van der Waals surface area contributed by atoms with E-state index in [1.165, 1.54) is 12.1 Å². The molecule has 2 N–H and O–H groups in total. The second-order valence-corrected chi connectivity index (χ2v) is 4.15. The van der Waals surface area contributed by atoms with Crippen LogP contribution < -0.4 is 5.32 Å². The lowest BCUT2D eigenvalue weighted by atomic mass is 10.0. The molecule has 0 saturated carbocycles. The minimum absolute atomic E-state index is 0.0816. The van der Waals surface area contributed by atoms with Gasteiger partial charge in [-0.2, -0.15) is 0 Å². The Hall–Kier alpha value is -1.84. The molecule has 1 aromatic carbocycles. The Balaban J connectivity index is 2.65. The van der Waals surface area contributed by atoms with E-state index in [0.717, 1.165) is 6.42 Å². The molecule has 1 aromatic rings. The molecular formula is C13H17NO3. The van der Waals surface area contributed by atoms with Gasteiger partial charge in [0.2, 0.25) is 5.91 Å². The molecule has 0 fully saturated rings. The number of benzene rings is 1. The number of nitrogens with one attached hydrogen (secondary N) is 1. The van der Waals surface area contributed by atoms with Gasteiger partial charge < -0.3 is 10.4 Å².